The summed E-state index contributed by atoms with van der Waals surface area (Å²) in [5, 5.41) is 0. The smallest absolute Gasteiger partial charge is 0.180 e. The topological polar surface area (TPSA) is 20.3 Å². The molecule has 2 atom stereocenters. The molecule has 1 aliphatic carbocycles. The summed E-state index contributed by atoms with van der Waals surface area (Å²) >= 11 is 0. The molecule has 0 bridgehead atoms. The number of nitrogens with zero attached hydrogens (tertiary/aromatic N) is 1. The Morgan fingerprint density at radius 1 is 1.39 bits per heavy atom. The van der Waals surface area contributed by atoms with Crippen LogP contribution < -0.4 is 0 Å². The number of hydrogen-bond donors (Lipinski definition) is 0. The summed E-state index contributed by atoms with van der Waals surface area (Å²) in [5.74, 6) is 0.852. The Morgan fingerprint density at radius 3 is 2.78 bits per heavy atom. The first-order valence-corrected chi connectivity index (χ1v) is 6.89. The second kappa shape index (κ2) is 5.55. The molecule has 2 aliphatic rings. The van der Waals surface area contributed by atoms with Gasteiger partial charge in [0.1, 0.15) is 0 Å². The maximum Gasteiger partial charge on any atom is 0.180 e. The lowest BCUT2D eigenvalue weighted by atomic mass is 9.85. The number of hydrogen-bond acceptors (Lipinski definition) is 2. The van der Waals surface area contributed by atoms with Gasteiger partial charge in [0.05, 0.1) is 0 Å². The molecule has 0 aromatic rings. The predicted molar refractivity (Wildman–Crippen MR) is 75.2 cm³/mol. The zero-order valence-electron chi connectivity index (χ0n) is 11.5. The molecule has 2 heteroatoms. The Balaban J connectivity index is 2.01. The minimum atomic E-state index is 0.0184. The van der Waals surface area contributed by atoms with Crippen LogP contribution in [0.1, 0.15) is 39.0 Å². The van der Waals surface area contributed by atoms with E-state index in [4.69, 9.17) is 0 Å². The van der Waals surface area contributed by atoms with Crippen molar-refractivity contribution in [2.75, 3.05) is 7.05 Å². The molecule has 1 saturated heterocycles. The van der Waals surface area contributed by atoms with Gasteiger partial charge in [0, 0.05) is 18.8 Å². The van der Waals surface area contributed by atoms with Gasteiger partial charge in [-0.25, -0.2) is 0 Å². The van der Waals surface area contributed by atoms with Crippen molar-refractivity contribution in [1.29, 1.82) is 0 Å². The first-order valence-electron chi connectivity index (χ1n) is 6.89. The summed E-state index contributed by atoms with van der Waals surface area (Å²) in [5.41, 5.74) is 1.97. The summed E-state index contributed by atoms with van der Waals surface area (Å²) < 4.78 is 0. The number of carbonyl (C=O) groups is 1. The zero-order chi connectivity index (χ0) is 13.1. The fourth-order valence-corrected chi connectivity index (χ4v) is 3.14. The van der Waals surface area contributed by atoms with E-state index in [1.807, 2.05) is 6.08 Å². The largest absolute Gasteiger partial charge is 0.375 e. The molecule has 2 nitrogen and oxygen atoms in total. The number of rotatable bonds is 3. The highest BCUT2D eigenvalue weighted by molar-refractivity contribution is 6.03. The van der Waals surface area contributed by atoms with Gasteiger partial charge in [0.15, 0.2) is 5.78 Å². The zero-order valence-corrected chi connectivity index (χ0v) is 11.5. The Morgan fingerprint density at radius 2 is 2.11 bits per heavy atom. The molecule has 1 saturated carbocycles. The number of likely N-dealkylation sites (tertiary alicyclic amines) is 1. The van der Waals surface area contributed by atoms with Crippen molar-refractivity contribution < 1.29 is 4.79 Å². The Hall–Kier alpha value is -1.31. The van der Waals surface area contributed by atoms with Crippen LogP contribution in [0.25, 0.3) is 0 Å². The molecule has 2 rings (SSSR count). The SMILES string of the molecule is C=C(C)C(=O)/C=C/C=C1/CC2CCCCC2N1C. The minimum Gasteiger partial charge on any atom is -0.375 e. The molecular weight excluding hydrogens is 222 g/mol. The van der Waals surface area contributed by atoms with E-state index in [9.17, 15) is 4.79 Å². The summed E-state index contributed by atoms with van der Waals surface area (Å²) in [6.07, 6.45) is 12.2. The molecular formula is C16H23NO. The van der Waals surface area contributed by atoms with Crippen LogP contribution in [0.2, 0.25) is 0 Å². The van der Waals surface area contributed by atoms with Crippen LogP contribution in [0.4, 0.5) is 0 Å². The number of fused-ring (bicyclic) bond motifs is 1. The third-order valence-corrected chi connectivity index (χ3v) is 4.25. The highest BCUT2D eigenvalue weighted by Crippen LogP contribution is 2.40. The highest BCUT2D eigenvalue weighted by Gasteiger charge is 2.35. The van der Waals surface area contributed by atoms with Crippen LogP contribution in [0.3, 0.4) is 0 Å². The van der Waals surface area contributed by atoms with Crippen LogP contribution >= 0.6 is 0 Å². The lowest BCUT2D eigenvalue weighted by molar-refractivity contribution is -0.111. The van der Waals surface area contributed by atoms with E-state index in [-0.39, 0.29) is 5.78 Å². The van der Waals surface area contributed by atoms with Crippen molar-refractivity contribution in [3.05, 3.63) is 36.1 Å². The van der Waals surface area contributed by atoms with Gasteiger partial charge in [-0.15, -0.1) is 0 Å². The predicted octanol–water partition coefficient (Wildman–Crippen LogP) is 3.47. The second-order valence-electron chi connectivity index (χ2n) is 5.59. The van der Waals surface area contributed by atoms with Crippen molar-refractivity contribution >= 4 is 5.78 Å². The van der Waals surface area contributed by atoms with Crippen molar-refractivity contribution in [2.45, 2.75) is 45.1 Å². The summed E-state index contributed by atoms with van der Waals surface area (Å²) in [6.45, 7) is 5.39. The molecule has 18 heavy (non-hydrogen) atoms. The number of allylic oxidation sites excluding steroid dienone is 5. The van der Waals surface area contributed by atoms with Crippen LogP contribution in [0, 0.1) is 5.92 Å². The second-order valence-corrected chi connectivity index (χ2v) is 5.59. The van der Waals surface area contributed by atoms with E-state index >= 15 is 0 Å². The normalized spacial score (nSPS) is 29.9. The Kier molecular flexibility index (Phi) is 4.05. The fraction of sp³-hybridized carbons (Fsp3) is 0.562. The van der Waals surface area contributed by atoms with Gasteiger partial charge in [-0.3, -0.25) is 4.79 Å². The van der Waals surface area contributed by atoms with Crippen molar-refractivity contribution in [2.24, 2.45) is 5.92 Å². The monoisotopic (exact) mass is 245 g/mol. The van der Waals surface area contributed by atoms with Crippen LogP contribution in [-0.2, 0) is 4.79 Å². The van der Waals surface area contributed by atoms with Gasteiger partial charge in [0.2, 0.25) is 0 Å². The van der Waals surface area contributed by atoms with E-state index in [1.54, 1.807) is 13.0 Å². The summed E-state index contributed by atoms with van der Waals surface area (Å²) in [6, 6.07) is 0.732. The molecule has 2 unspecified atom stereocenters. The van der Waals surface area contributed by atoms with E-state index in [2.05, 4.69) is 24.6 Å². The molecule has 98 valence electrons. The van der Waals surface area contributed by atoms with Crippen molar-refractivity contribution in [1.82, 2.24) is 4.90 Å². The maximum absolute atomic E-state index is 11.4. The van der Waals surface area contributed by atoms with Gasteiger partial charge in [-0.1, -0.05) is 25.5 Å². The van der Waals surface area contributed by atoms with Gasteiger partial charge in [-0.05, 0) is 49.8 Å². The standard InChI is InChI=1S/C16H23NO/c1-12(2)16(18)10-6-8-14-11-13-7-4-5-9-15(13)17(14)3/h6,8,10,13,15H,1,4-5,7,9,11H2,2-3H3/b10-6+,14-8-. The quantitative estimate of drug-likeness (QED) is 0.710. The molecule has 0 aromatic heterocycles. The third kappa shape index (κ3) is 2.74. The number of carbonyl (C=O) groups excluding carboxylic acids is 1. The van der Waals surface area contributed by atoms with E-state index in [0.29, 0.717) is 5.57 Å². The van der Waals surface area contributed by atoms with Crippen molar-refractivity contribution in [3.8, 4) is 0 Å². The molecule has 2 fully saturated rings. The molecule has 0 radical (unpaired) electrons. The maximum atomic E-state index is 11.4. The van der Waals surface area contributed by atoms with E-state index < -0.39 is 0 Å². The molecule has 0 N–H and O–H groups in total. The summed E-state index contributed by atoms with van der Waals surface area (Å²) in [4.78, 5) is 13.8. The first kappa shape index (κ1) is 13.1. The third-order valence-electron chi connectivity index (χ3n) is 4.25. The summed E-state index contributed by atoms with van der Waals surface area (Å²) in [7, 11) is 2.19. The highest BCUT2D eigenvalue weighted by atomic mass is 16.1. The number of ketones is 1. The molecule has 0 aromatic carbocycles. The molecule has 0 amide bonds. The molecule has 0 spiro atoms. The van der Waals surface area contributed by atoms with Gasteiger partial charge in [-0.2, -0.15) is 0 Å². The van der Waals surface area contributed by atoms with E-state index in [1.165, 1.54) is 37.8 Å². The van der Waals surface area contributed by atoms with Crippen molar-refractivity contribution in [3.63, 3.8) is 0 Å². The lowest BCUT2D eigenvalue weighted by Gasteiger charge is -2.30. The van der Waals surface area contributed by atoms with Crippen LogP contribution in [0.5, 0.6) is 0 Å². The Labute approximate surface area is 110 Å². The van der Waals surface area contributed by atoms with Crippen LogP contribution in [-0.4, -0.2) is 23.8 Å². The first-order chi connectivity index (χ1) is 8.59. The average Bonchev–Trinajstić information content (AvgIpc) is 2.67. The fourth-order valence-electron chi connectivity index (χ4n) is 3.14. The van der Waals surface area contributed by atoms with Gasteiger partial charge < -0.3 is 4.90 Å². The van der Waals surface area contributed by atoms with E-state index in [0.717, 1.165) is 12.0 Å². The molecule has 1 aliphatic heterocycles. The minimum absolute atomic E-state index is 0.0184. The van der Waals surface area contributed by atoms with Crippen LogP contribution in [0.15, 0.2) is 36.1 Å². The molecule has 1 heterocycles. The lowest BCUT2D eigenvalue weighted by Crippen LogP contribution is -2.30. The Bertz CT molecular complexity index is 405. The average molecular weight is 245 g/mol. The van der Waals surface area contributed by atoms with Gasteiger partial charge >= 0.3 is 0 Å². The van der Waals surface area contributed by atoms with Gasteiger partial charge in [0.25, 0.3) is 0 Å².